The molecule has 0 radical (unpaired) electrons. The quantitative estimate of drug-likeness (QED) is 0.686. The smallest absolute Gasteiger partial charge is 0.317 e. The molecule has 1 unspecified atom stereocenters. The highest BCUT2D eigenvalue weighted by molar-refractivity contribution is 5.73. The Morgan fingerprint density at radius 1 is 1.32 bits per heavy atom. The zero-order valence-corrected chi connectivity index (χ0v) is 17.5. The Balaban J connectivity index is 0.00000122. The number of hydrogen-bond donors (Lipinski definition) is 2. The third kappa shape index (κ3) is 7.64. The number of nitrogens with one attached hydrogen (secondary N) is 1. The summed E-state index contributed by atoms with van der Waals surface area (Å²) >= 11 is 0. The van der Waals surface area contributed by atoms with Gasteiger partial charge in [0.1, 0.15) is 11.5 Å². The minimum atomic E-state index is -0.250. The number of carbonyl (C=O) groups excluding carboxylic acids is 1. The van der Waals surface area contributed by atoms with E-state index in [4.69, 9.17) is 19.4 Å². The average Bonchev–Trinajstić information content (AvgIpc) is 3.00. The van der Waals surface area contributed by atoms with Gasteiger partial charge in [0.05, 0.1) is 14.2 Å². The predicted molar refractivity (Wildman–Crippen MR) is 108 cm³/mol. The summed E-state index contributed by atoms with van der Waals surface area (Å²) in [6.45, 7) is 5.49. The predicted octanol–water partition coefficient (Wildman–Crippen LogP) is 1.93. The zero-order valence-electron chi connectivity index (χ0n) is 17.5. The maximum absolute atomic E-state index is 12.3. The highest BCUT2D eigenvalue weighted by Gasteiger charge is 2.33. The molecule has 2 N–H and O–H groups in total. The van der Waals surface area contributed by atoms with Crippen LogP contribution in [0.15, 0.2) is 18.2 Å². The van der Waals surface area contributed by atoms with Gasteiger partial charge in [-0.15, -0.1) is 0 Å². The standard InChI is InChI=1S/C19H31N3O3.CH2O2/c1-19(7-9-21(2)13-19)14-22(3)18(23)20-8-6-15-10-16(24-4)12-17(11-15)25-5;2-1-3/h10-12H,6-9,13-14H2,1-5H3,(H,20,23);1H,(H,2,3). The Hall–Kier alpha value is -2.48. The molecule has 2 amide bonds. The van der Waals surface area contributed by atoms with Crippen molar-refractivity contribution in [1.29, 1.82) is 0 Å². The van der Waals surface area contributed by atoms with Gasteiger partial charge in [0.15, 0.2) is 0 Å². The van der Waals surface area contributed by atoms with Crippen LogP contribution in [0.2, 0.25) is 0 Å². The molecule has 1 saturated heterocycles. The van der Waals surface area contributed by atoms with Crippen LogP contribution in [0.5, 0.6) is 11.5 Å². The molecule has 0 aliphatic carbocycles. The zero-order chi connectivity index (χ0) is 21.2. The lowest BCUT2D eigenvalue weighted by molar-refractivity contribution is -0.122. The number of nitrogens with zero attached hydrogens (tertiary/aromatic N) is 2. The summed E-state index contributed by atoms with van der Waals surface area (Å²) < 4.78 is 10.6. The van der Waals surface area contributed by atoms with Crippen LogP contribution in [0, 0.1) is 5.41 Å². The van der Waals surface area contributed by atoms with Crippen molar-refractivity contribution in [3.8, 4) is 11.5 Å². The van der Waals surface area contributed by atoms with Crippen molar-refractivity contribution in [2.45, 2.75) is 19.8 Å². The third-order valence-electron chi connectivity index (χ3n) is 4.82. The van der Waals surface area contributed by atoms with Gasteiger partial charge >= 0.3 is 6.03 Å². The summed E-state index contributed by atoms with van der Waals surface area (Å²) in [5, 5.41) is 9.89. The van der Waals surface area contributed by atoms with Crippen molar-refractivity contribution in [3.05, 3.63) is 23.8 Å². The average molecular weight is 396 g/mol. The number of methoxy groups -OCH3 is 2. The van der Waals surface area contributed by atoms with Gasteiger partial charge in [0.2, 0.25) is 0 Å². The van der Waals surface area contributed by atoms with Crippen LogP contribution in [0.25, 0.3) is 0 Å². The highest BCUT2D eigenvalue weighted by Crippen LogP contribution is 2.29. The van der Waals surface area contributed by atoms with Crippen LogP contribution in [0.3, 0.4) is 0 Å². The van der Waals surface area contributed by atoms with Crippen LogP contribution in [-0.2, 0) is 11.2 Å². The van der Waals surface area contributed by atoms with E-state index in [1.54, 1.807) is 19.1 Å². The highest BCUT2D eigenvalue weighted by atomic mass is 16.5. The molecule has 2 rings (SSSR count). The minimum absolute atomic E-state index is 0.0226. The Labute approximate surface area is 167 Å². The second-order valence-corrected chi connectivity index (χ2v) is 7.46. The Morgan fingerprint density at radius 3 is 2.36 bits per heavy atom. The lowest BCUT2D eigenvalue weighted by Crippen LogP contribution is -2.44. The van der Waals surface area contributed by atoms with Crippen LogP contribution in [-0.4, -0.2) is 81.9 Å². The molecule has 8 heteroatoms. The number of amides is 2. The van der Waals surface area contributed by atoms with Gasteiger partial charge < -0.3 is 29.7 Å². The Bertz CT molecular complexity index is 618. The molecule has 28 heavy (non-hydrogen) atoms. The first-order chi connectivity index (χ1) is 13.3. The van der Waals surface area contributed by atoms with E-state index in [-0.39, 0.29) is 17.9 Å². The normalized spacial score (nSPS) is 18.6. The number of urea groups is 1. The lowest BCUT2D eigenvalue weighted by Gasteiger charge is -2.30. The van der Waals surface area contributed by atoms with Gasteiger partial charge in [-0.05, 0) is 49.5 Å². The lowest BCUT2D eigenvalue weighted by atomic mass is 9.89. The molecule has 8 nitrogen and oxygen atoms in total. The molecule has 1 aromatic carbocycles. The monoisotopic (exact) mass is 395 g/mol. The molecule has 1 aromatic rings. The Kier molecular flexibility index (Phi) is 9.58. The number of benzene rings is 1. The fraction of sp³-hybridized carbons (Fsp3) is 0.600. The summed E-state index contributed by atoms with van der Waals surface area (Å²) in [5.41, 5.74) is 1.25. The molecule has 0 aromatic heterocycles. The number of hydrogen-bond acceptors (Lipinski definition) is 5. The van der Waals surface area contributed by atoms with E-state index in [0.29, 0.717) is 6.54 Å². The topological polar surface area (TPSA) is 91.3 Å². The van der Waals surface area contributed by atoms with Crippen molar-refractivity contribution in [3.63, 3.8) is 0 Å². The van der Waals surface area contributed by atoms with E-state index >= 15 is 0 Å². The van der Waals surface area contributed by atoms with Crippen LogP contribution in [0.1, 0.15) is 18.9 Å². The molecule has 1 fully saturated rings. The van der Waals surface area contributed by atoms with Crippen molar-refractivity contribution in [2.75, 3.05) is 54.5 Å². The summed E-state index contributed by atoms with van der Waals surface area (Å²) in [7, 11) is 7.27. The number of carbonyl (C=O) groups is 2. The first kappa shape index (κ1) is 23.6. The number of likely N-dealkylation sites (tertiary alicyclic amines) is 1. The van der Waals surface area contributed by atoms with E-state index in [2.05, 4.69) is 24.2 Å². The fourth-order valence-electron chi connectivity index (χ4n) is 3.50. The van der Waals surface area contributed by atoms with Crippen molar-refractivity contribution >= 4 is 12.5 Å². The molecule has 0 bridgehead atoms. The van der Waals surface area contributed by atoms with Gasteiger partial charge in [0.25, 0.3) is 6.47 Å². The maximum Gasteiger partial charge on any atom is 0.317 e. The minimum Gasteiger partial charge on any atom is -0.497 e. The van der Waals surface area contributed by atoms with E-state index in [1.165, 1.54) is 0 Å². The first-order valence-electron chi connectivity index (χ1n) is 9.24. The van der Waals surface area contributed by atoms with Crippen molar-refractivity contribution < 1.29 is 24.2 Å². The molecule has 158 valence electrons. The van der Waals surface area contributed by atoms with Crippen LogP contribution < -0.4 is 14.8 Å². The Morgan fingerprint density at radius 2 is 1.89 bits per heavy atom. The fourth-order valence-corrected chi connectivity index (χ4v) is 3.50. The van der Waals surface area contributed by atoms with Gasteiger partial charge in [0, 0.05) is 32.7 Å². The van der Waals surface area contributed by atoms with E-state index < -0.39 is 0 Å². The first-order valence-corrected chi connectivity index (χ1v) is 9.24. The molecular weight excluding hydrogens is 362 g/mol. The second kappa shape index (κ2) is 11.4. The summed E-state index contributed by atoms with van der Waals surface area (Å²) in [4.78, 5) is 24.8. The van der Waals surface area contributed by atoms with Gasteiger partial charge in [-0.1, -0.05) is 6.92 Å². The largest absolute Gasteiger partial charge is 0.497 e. The van der Waals surface area contributed by atoms with Gasteiger partial charge in [-0.25, -0.2) is 4.79 Å². The summed E-state index contributed by atoms with van der Waals surface area (Å²) in [6, 6.07) is 5.75. The van der Waals surface area contributed by atoms with E-state index in [1.807, 2.05) is 25.2 Å². The maximum atomic E-state index is 12.3. The summed E-state index contributed by atoms with van der Waals surface area (Å²) in [6.07, 6.45) is 1.86. The number of rotatable bonds is 7. The third-order valence-corrected chi connectivity index (χ3v) is 4.82. The molecular formula is C20H33N3O5. The number of ether oxygens (including phenoxy) is 2. The van der Waals surface area contributed by atoms with Crippen molar-refractivity contribution in [2.24, 2.45) is 5.41 Å². The van der Waals surface area contributed by atoms with Gasteiger partial charge in [-0.2, -0.15) is 0 Å². The molecule has 0 saturated carbocycles. The SMILES string of the molecule is COc1cc(CCNC(=O)N(C)CC2(C)CCN(C)C2)cc(OC)c1.O=CO. The molecule has 1 heterocycles. The number of carboxylic acid groups (broad SMARTS) is 1. The van der Waals surface area contributed by atoms with Crippen molar-refractivity contribution in [1.82, 2.24) is 15.1 Å². The molecule has 1 atom stereocenters. The van der Waals surface area contributed by atoms with Gasteiger partial charge in [-0.3, -0.25) is 4.79 Å². The molecule has 1 aliphatic rings. The summed E-state index contributed by atoms with van der Waals surface area (Å²) in [5.74, 6) is 1.52. The molecule has 1 aliphatic heterocycles. The van der Waals surface area contributed by atoms with E-state index in [0.717, 1.165) is 49.5 Å². The van der Waals surface area contributed by atoms with Crippen LogP contribution in [0.4, 0.5) is 4.79 Å². The second-order valence-electron chi connectivity index (χ2n) is 7.46. The van der Waals surface area contributed by atoms with Crippen LogP contribution >= 0.6 is 0 Å². The van der Waals surface area contributed by atoms with E-state index in [9.17, 15) is 4.79 Å². The molecule has 0 spiro atoms.